The minimum absolute atomic E-state index is 0.0398. The second-order valence-electron chi connectivity index (χ2n) is 4.79. The third-order valence-electron chi connectivity index (χ3n) is 3.10. The summed E-state index contributed by atoms with van der Waals surface area (Å²) in [6.07, 6.45) is 0.206. The van der Waals surface area contributed by atoms with Crippen molar-refractivity contribution in [1.82, 2.24) is 15.2 Å². The number of aromatic nitrogens is 3. The first-order chi connectivity index (χ1) is 11.3. The highest BCUT2D eigenvalue weighted by molar-refractivity contribution is 6.33. The summed E-state index contributed by atoms with van der Waals surface area (Å²) in [4.78, 5) is 3.78. The number of nitrogens with one attached hydrogen (secondary N) is 2. The lowest BCUT2D eigenvalue weighted by molar-refractivity contribution is -0.137. The molecule has 0 saturated carbocycles. The molecular formula is C15H15ClF3N5. The predicted octanol–water partition coefficient (Wildman–Crippen LogP) is 4.78. The number of allylic oxidation sites excluding steroid dienone is 4. The quantitative estimate of drug-likeness (QED) is 0.688. The molecular weight excluding hydrogens is 343 g/mol. The van der Waals surface area contributed by atoms with Crippen LogP contribution in [0.1, 0.15) is 25.0 Å². The Morgan fingerprint density at radius 3 is 2.54 bits per heavy atom. The van der Waals surface area contributed by atoms with E-state index in [1.807, 2.05) is 0 Å². The van der Waals surface area contributed by atoms with Crippen LogP contribution in [0.5, 0.6) is 0 Å². The van der Waals surface area contributed by atoms with Crippen LogP contribution >= 0.6 is 11.6 Å². The normalized spacial score (nSPS) is 12.8. The molecule has 0 atom stereocenters. The van der Waals surface area contributed by atoms with Crippen LogP contribution in [0.15, 0.2) is 30.4 Å². The average molecular weight is 358 g/mol. The van der Waals surface area contributed by atoms with E-state index < -0.39 is 11.7 Å². The maximum absolute atomic E-state index is 13.5. The SMILES string of the molecule is C/C=C\C(=C/C)c1c(Cl)cc(Nc2n[nH]c(N)n2)cc1C(F)(F)F. The molecule has 1 aromatic heterocycles. The van der Waals surface area contributed by atoms with Crippen LogP contribution in [0.3, 0.4) is 0 Å². The Morgan fingerprint density at radius 2 is 2.04 bits per heavy atom. The van der Waals surface area contributed by atoms with E-state index in [1.165, 1.54) is 6.07 Å². The van der Waals surface area contributed by atoms with Gasteiger partial charge in [0.1, 0.15) is 0 Å². The number of halogens is 4. The van der Waals surface area contributed by atoms with E-state index in [4.69, 9.17) is 17.3 Å². The molecule has 0 saturated heterocycles. The Hall–Kier alpha value is -2.48. The summed E-state index contributed by atoms with van der Waals surface area (Å²) >= 11 is 6.13. The molecule has 0 fully saturated rings. The summed E-state index contributed by atoms with van der Waals surface area (Å²) < 4.78 is 40.5. The molecule has 2 aromatic rings. The minimum Gasteiger partial charge on any atom is -0.368 e. The number of nitrogen functional groups attached to an aromatic ring is 1. The number of alkyl halides is 3. The van der Waals surface area contributed by atoms with E-state index in [9.17, 15) is 13.2 Å². The monoisotopic (exact) mass is 357 g/mol. The molecule has 9 heteroatoms. The molecule has 0 aliphatic heterocycles. The predicted molar refractivity (Wildman–Crippen MR) is 89.0 cm³/mol. The van der Waals surface area contributed by atoms with Crippen molar-refractivity contribution in [2.24, 2.45) is 0 Å². The number of aromatic amines is 1. The van der Waals surface area contributed by atoms with Crippen LogP contribution in [0, 0.1) is 0 Å². The Balaban J connectivity index is 2.57. The molecule has 4 N–H and O–H groups in total. The van der Waals surface area contributed by atoms with Crippen molar-refractivity contribution in [2.45, 2.75) is 20.0 Å². The molecule has 1 aromatic carbocycles. The molecule has 0 unspecified atom stereocenters. The fraction of sp³-hybridized carbons (Fsp3) is 0.200. The Morgan fingerprint density at radius 1 is 1.33 bits per heavy atom. The third-order valence-corrected chi connectivity index (χ3v) is 3.40. The maximum atomic E-state index is 13.5. The molecule has 1 heterocycles. The van der Waals surface area contributed by atoms with Gasteiger partial charge >= 0.3 is 6.18 Å². The summed E-state index contributed by atoms with van der Waals surface area (Å²) in [6.45, 7) is 3.36. The molecule has 0 radical (unpaired) electrons. The molecule has 128 valence electrons. The average Bonchev–Trinajstić information content (AvgIpc) is 2.89. The summed E-state index contributed by atoms with van der Waals surface area (Å²) in [6, 6.07) is 2.34. The van der Waals surface area contributed by atoms with E-state index in [-0.39, 0.29) is 28.2 Å². The van der Waals surface area contributed by atoms with E-state index in [0.717, 1.165) is 6.07 Å². The highest BCUT2D eigenvalue weighted by Gasteiger charge is 2.35. The van der Waals surface area contributed by atoms with Crippen molar-refractivity contribution in [3.8, 4) is 0 Å². The number of H-pyrrole nitrogens is 1. The van der Waals surface area contributed by atoms with Gasteiger partial charge in [0.2, 0.25) is 11.9 Å². The van der Waals surface area contributed by atoms with E-state index in [1.54, 1.807) is 32.1 Å². The first-order valence-electron chi connectivity index (χ1n) is 6.91. The summed E-state index contributed by atoms with van der Waals surface area (Å²) in [5, 5.41) is 8.70. The van der Waals surface area contributed by atoms with Gasteiger partial charge in [-0.25, -0.2) is 5.10 Å². The van der Waals surface area contributed by atoms with E-state index in [0.29, 0.717) is 5.57 Å². The topological polar surface area (TPSA) is 79.6 Å². The lowest BCUT2D eigenvalue weighted by atomic mass is 9.97. The van der Waals surface area contributed by atoms with Gasteiger partial charge in [-0.1, -0.05) is 29.8 Å². The highest BCUT2D eigenvalue weighted by atomic mass is 35.5. The first-order valence-corrected chi connectivity index (χ1v) is 7.29. The van der Waals surface area contributed by atoms with Gasteiger partial charge < -0.3 is 11.1 Å². The van der Waals surface area contributed by atoms with Crippen LogP contribution in [0.2, 0.25) is 5.02 Å². The van der Waals surface area contributed by atoms with Crippen LogP contribution < -0.4 is 11.1 Å². The van der Waals surface area contributed by atoms with Gasteiger partial charge in [0.05, 0.1) is 10.6 Å². The lowest BCUT2D eigenvalue weighted by Gasteiger charge is -2.17. The summed E-state index contributed by atoms with van der Waals surface area (Å²) in [5.41, 5.74) is 4.93. The second-order valence-corrected chi connectivity index (χ2v) is 5.20. The van der Waals surface area contributed by atoms with Crippen LogP contribution in [-0.4, -0.2) is 15.2 Å². The van der Waals surface area contributed by atoms with Gasteiger partial charge in [-0.15, -0.1) is 5.10 Å². The zero-order valence-corrected chi connectivity index (χ0v) is 13.6. The van der Waals surface area contributed by atoms with Crippen molar-refractivity contribution in [3.63, 3.8) is 0 Å². The standard InChI is InChI=1S/C15H15ClF3N5/c1-3-5-8(4-2)12-10(15(17,18)19)6-9(7-11(12)16)21-14-22-13(20)23-24-14/h3-7H,1-2H3,(H4,20,21,22,23,24)/b5-3-,8-4+. The zero-order chi connectivity index (χ0) is 17.9. The Bertz CT molecular complexity index is 793. The van der Waals surface area contributed by atoms with Crippen molar-refractivity contribution < 1.29 is 13.2 Å². The fourth-order valence-electron chi connectivity index (χ4n) is 2.16. The Labute approximate surface area is 141 Å². The van der Waals surface area contributed by atoms with Gasteiger partial charge in [0, 0.05) is 11.3 Å². The molecule has 0 spiro atoms. The van der Waals surface area contributed by atoms with Crippen molar-refractivity contribution >= 4 is 34.8 Å². The smallest absolute Gasteiger partial charge is 0.368 e. The number of hydrogen-bond acceptors (Lipinski definition) is 4. The van der Waals surface area contributed by atoms with Crippen LogP contribution in [0.4, 0.5) is 30.8 Å². The van der Waals surface area contributed by atoms with Gasteiger partial charge in [0.15, 0.2) is 0 Å². The summed E-state index contributed by atoms with van der Waals surface area (Å²) in [5.74, 6) is 0.0877. The van der Waals surface area contributed by atoms with Gasteiger partial charge in [0.25, 0.3) is 0 Å². The Kier molecular flexibility index (Phi) is 5.18. The number of benzene rings is 1. The number of nitrogens with zero attached hydrogens (tertiary/aromatic N) is 2. The summed E-state index contributed by atoms with van der Waals surface area (Å²) in [7, 11) is 0. The number of nitrogens with two attached hydrogens (primary N) is 1. The molecule has 0 bridgehead atoms. The van der Waals surface area contributed by atoms with E-state index in [2.05, 4.69) is 20.5 Å². The number of hydrogen-bond donors (Lipinski definition) is 3. The third kappa shape index (κ3) is 3.88. The number of rotatable bonds is 4. The van der Waals surface area contributed by atoms with E-state index >= 15 is 0 Å². The molecule has 0 aliphatic rings. The van der Waals surface area contributed by atoms with Gasteiger partial charge in [-0.2, -0.15) is 18.2 Å². The molecule has 5 nitrogen and oxygen atoms in total. The highest BCUT2D eigenvalue weighted by Crippen LogP contribution is 2.41. The molecule has 24 heavy (non-hydrogen) atoms. The van der Waals surface area contributed by atoms with Crippen LogP contribution in [0.25, 0.3) is 5.57 Å². The second kappa shape index (κ2) is 6.96. The van der Waals surface area contributed by atoms with Crippen molar-refractivity contribution in [1.29, 1.82) is 0 Å². The maximum Gasteiger partial charge on any atom is 0.417 e. The fourth-order valence-corrected chi connectivity index (χ4v) is 2.49. The molecule has 0 amide bonds. The van der Waals surface area contributed by atoms with Crippen LogP contribution in [-0.2, 0) is 6.18 Å². The first kappa shape index (κ1) is 17.9. The molecule has 0 aliphatic carbocycles. The largest absolute Gasteiger partial charge is 0.417 e. The van der Waals surface area contributed by atoms with Gasteiger partial charge in [-0.05, 0) is 31.6 Å². The minimum atomic E-state index is -4.58. The molecule has 2 rings (SSSR count). The number of anilines is 3. The lowest BCUT2D eigenvalue weighted by Crippen LogP contribution is -2.10. The zero-order valence-electron chi connectivity index (χ0n) is 12.9. The van der Waals surface area contributed by atoms with Crippen molar-refractivity contribution in [2.75, 3.05) is 11.1 Å². The van der Waals surface area contributed by atoms with Crippen molar-refractivity contribution in [3.05, 3.63) is 46.5 Å². The van der Waals surface area contributed by atoms with Gasteiger partial charge in [-0.3, -0.25) is 0 Å².